The number of fused-ring (bicyclic) bond motifs is 1. The molecule has 29 heavy (non-hydrogen) atoms. The summed E-state index contributed by atoms with van der Waals surface area (Å²) in [7, 11) is 0. The molecule has 3 heteroatoms. The number of benzene rings is 4. The first-order chi connectivity index (χ1) is 14.3. The predicted octanol–water partition coefficient (Wildman–Crippen LogP) is 6.65. The maximum Gasteiger partial charge on any atom is 0.156 e. The van der Waals surface area contributed by atoms with E-state index in [9.17, 15) is 0 Å². The molecule has 2 unspecified atom stereocenters. The first kappa shape index (κ1) is 18.0. The van der Waals surface area contributed by atoms with Crippen LogP contribution < -0.4 is 10.6 Å². The second-order valence-corrected chi connectivity index (χ2v) is 7.70. The minimum Gasteiger partial charge on any atom is -0.357 e. The Hall–Kier alpha value is -3.07. The van der Waals surface area contributed by atoms with Crippen LogP contribution in [-0.2, 0) is 0 Å². The smallest absolute Gasteiger partial charge is 0.156 e. The van der Waals surface area contributed by atoms with Gasteiger partial charge in [-0.1, -0.05) is 109 Å². The molecule has 1 heterocycles. The lowest BCUT2D eigenvalue weighted by atomic mass is 9.93. The quantitative estimate of drug-likeness (QED) is 0.299. The Balaban J connectivity index is 1.41. The molecule has 0 bridgehead atoms. The third kappa shape index (κ3) is 3.65. The summed E-state index contributed by atoms with van der Waals surface area (Å²) in [4.78, 5) is 0. The van der Waals surface area contributed by atoms with Crippen molar-refractivity contribution < 1.29 is 0 Å². The van der Waals surface area contributed by atoms with Crippen molar-refractivity contribution in [2.45, 2.75) is 11.7 Å². The first-order valence-corrected chi connectivity index (χ1v) is 10.2. The van der Waals surface area contributed by atoms with E-state index >= 15 is 0 Å². The van der Waals surface area contributed by atoms with Crippen molar-refractivity contribution in [3.05, 3.63) is 114 Å². The molecule has 142 valence electrons. The zero-order valence-electron chi connectivity index (χ0n) is 15.8. The van der Waals surface area contributed by atoms with E-state index in [0.717, 1.165) is 5.69 Å². The van der Waals surface area contributed by atoms with E-state index in [4.69, 9.17) is 11.6 Å². The lowest BCUT2D eigenvalue weighted by molar-refractivity contribution is 0.582. The van der Waals surface area contributed by atoms with Crippen LogP contribution in [-0.4, -0.2) is 5.62 Å². The molecule has 0 amide bonds. The average molecular weight is 397 g/mol. The molecule has 0 aromatic heterocycles. The molecule has 4 aromatic rings. The van der Waals surface area contributed by atoms with Gasteiger partial charge in [-0.15, -0.1) is 0 Å². The maximum atomic E-state index is 6.36. The van der Waals surface area contributed by atoms with Gasteiger partial charge in [0.05, 0.1) is 6.04 Å². The lowest BCUT2D eigenvalue weighted by Crippen LogP contribution is -2.39. The van der Waals surface area contributed by atoms with Crippen molar-refractivity contribution in [3.8, 4) is 22.3 Å². The zero-order chi connectivity index (χ0) is 19.6. The minimum absolute atomic E-state index is 0.0736. The zero-order valence-corrected chi connectivity index (χ0v) is 16.6. The first-order valence-electron chi connectivity index (χ1n) is 9.79. The predicted molar refractivity (Wildman–Crippen MR) is 122 cm³/mol. The molecule has 2 nitrogen and oxygen atoms in total. The summed E-state index contributed by atoms with van der Waals surface area (Å²) < 4.78 is 0. The van der Waals surface area contributed by atoms with Gasteiger partial charge in [0.25, 0.3) is 0 Å². The van der Waals surface area contributed by atoms with Crippen LogP contribution in [0, 0.1) is 0 Å². The largest absolute Gasteiger partial charge is 0.357 e. The van der Waals surface area contributed by atoms with Gasteiger partial charge in [0, 0.05) is 5.69 Å². The van der Waals surface area contributed by atoms with Crippen LogP contribution in [0.1, 0.15) is 17.2 Å². The van der Waals surface area contributed by atoms with Crippen molar-refractivity contribution in [1.29, 1.82) is 0 Å². The highest BCUT2D eigenvalue weighted by Gasteiger charge is 2.25. The molecule has 5 rings (SSSR count). The van der Waals surface area contributed by atoms with Crippen LogP contribution in [0.5, 0.6) is 0 Å². The molecule has 0 aliphatic carbocycles. The molecule has 2 atom stereocenters. The highest BCUT2D eigenvalue weighted by Crippen LogP contribution is 2.34. The van der Waals surface area contributed by atoms with E-state index in [1.165, 1.54) is 33.4 Å². The number of para-hydroxylation sites is 1. The molecule has 1 aliphatic rings. The monoisotopic (exact) mass is 396 g/mol. The van der Waals surface area contributed by atoms with Gasteiger partial charge >= 0.3 is 0 Å². The van der Waals surface area contributed by atoms with Crippen molar-refractivity contribution >= 4 is 17.3 Å². The number of hydrogen-bond donors (Lipinski definition) is 2. The van der Waals surface area contributed by atoms with Gasteiger partial charge in [-0.3, -0.25) is 5.32 Å². The molecule has 1 aliphatic heterocycles. The normalized spacial score (nSPS) is 18.0. The van der Waals surface area contributed by atoms with Gasteiger partial charge < -0.3 is 5.32 Å². The molecule has 2 N–H and O–H groups in total. The third-order valence-electron chi connectivity index (χ3n) is 5.44. The number of halogens is 1. The van der Waals surface area contributed by atoms with Gasteiger partial charge in [0.2, 0.25) is 0 Å². The van der Waals surface area contributed by atoms with E-state index in [2.05, 4.69) is 102 Å². The summed E-state index contributed by atoms with van der Waals surface area (Å²) in [5.41, 5.74) is 8.09. The number of nitrogens with one attached hydrogen (secondary N) is 2. The number of anilines is 1. The fraction of sp³-hybridized carbons (Fsp3) is 0.0769. The average Bonchev–Trinajstić information content (AvgIpc) is 2.79. The van der Waals surface area contributed by atoms with Crippen LogP contribution in [0.4, 0.5) is 5.69 Å². The highest BCUT2D eigenvalue weighted by molar-refractivity contribution is 6.21. The second kappa shape index (κ2) is 7.75. The summed E-state index contributed by atoms with van der Waals surface area (Å²) in [6.45, 7) is 0. The topological polar surface area (TPSA) is 24.1 Å². The maximum absolute atomic E-state index is 6.36. The Morgan fingerprint density at radius 3 is 1.72 bits per heavy atom. The second-order valence-electron chi connectivity index (χ2n) is 7.26. The standard InChI is InChI=1S/C26H21ClN2/c27-26-28-24-9-5-4-8-23(24)25(29-26)22-16-14-21(15-17-22)20-12-10-19(11-13-20)18-6-2-1-3-7-18/h1-17,25-26,28-29H. The van der Waals surface area contributed by atoms with Crippen LogP contribution >= 0.6 is 11.6 Å². The fourth-order valence-electron chi connectivity index (χ4n) is 3.92. The number of hydrogen-bond acceptors (Lipinski definition) is 2. The molecule has 4 aromatic carbocycles. The van der Waals surface area contributed by atoms with Gasteiger partial charge in [0.15, 0.2) is 5.62 Å². The van der Waals surface area contributed by atoms with Gasteiger partial charge in [0.1, 0.15) is 0 Å². The van der Waals surface area contributed by atoms with E-state index in [1.807, 2.05) is 12.1 Å². The Bertz CT molecular complexity index is 1110. The van der Waals surface area contributed by atoms with Gasteiger partial charge in [-0.2, -0.15) is 0 Å². The van der Waals surface area contributed by atoms with Gasteiger partial charge in [-0.05, 0) is 39.4 Å². The van der Waals surface area contributed by atoms with Crippen molar-refractivity contribution in [2.24, 2.45) is 0 Å². The highest BCUT2D eigenvalue weighted by atomic mass is 35.5. The van der Waals surface area contributed by atoms with Crippen molar-refractivity contribution in [3.63, 3.8) is 0 Å². The Kier molecular flexibility index (Phi) is 4.81. The minimum atomic E-state index is -0.292. The summed E-state index contributed by atoms with van der Waals surface area (Å²) >= 11 is 6.36. The molecular formula is C26H21ClN2. The molecular weight excluding hydrogens is 376 g/mol. The summed E-state index contributed by atoms with van der Waals surface area (Å²) in [6.07, 6.45) is 0. The Morgan fingerprint density at radius 1 is 0.552 bits per heavy atom. The number of rotatable bonds is 3. The van der Waals surface area contributed by atoms with Crippen molar-refractivity contribution in [2.75, 3.05) is 5.32 Å². The molecule has 0 saturated carbocycles. The van der Waals surface area contributed by atoms with E-state index in [1.54, 1.807) is 0 Å². The van der Waals surface area contributed by atoms with Crippen LogP contribution in [0.3, 0.4) is 0 Å². The van der Waals surface area contributed by atoms with Gasteiger partial charge in [-0.25, -0.2) is 0 Å². The lowest BCUT2D eigenvalue weighted by Gasteiger charge is -2.32. The summed E-state index contributed by atoms with van der Waals surface area (Å²) in [5.74, 6) is 0. The SMILES string of the molecule is ClC1Nc2ccccc2C(c2ccc(-c3ccc(-c4ccccc4)cc3)cc2)N1. The summed E-state index contributed by atoms with van der Waals surface area (Å²) in [5, 5.41) is 6.70. The van der Waals surface area contributed by atoms with E-state index in [-0.39, 0.29) is 11.7 Å². The Labute approximate surface area is 176 Å². The summed E-state index contributed by atoms with van der Waals surface area (Å²) in [6, 6.07) is 36.3. The van der Waals surface area contributed by atoms with Crippen LogP contribution in [0.15, 0.2) is 103 Å². The fourth-order valence-corrected chi connectivity index (χ4v) is 4.17. The molecule has 0 radical (unpaired) electrons. The van der Waals surface area contributed by atoms with Crippen LogP contribution in [0.25, 0.3) is 22.3 Å². The number of alkyl halides is 1. The molecule has 0 fully saturated rings. The van der Waals surface area contributed by atoms with E-state index in [0.29, 0.717) is 0 Å². The Morgan fingerprint density at radius 2 is 1.07 bits per heavy atom. The van der Waals surface area contributed by atoms with Crippen molar-refractivity contribution in [1.82, 2.24) is 5.32 Å². The molecule has 0 spiro atoms. The third-order valence-corrected chi connectivity index (χ3v) is 5.67. The van der Waals surface area contributed by atoms with Crippen LogP contribution in [0.2, 0.25) is 0 Å². The molecule has 0 saturated heterocycles. The van der Waals surface area contributed by atoms with E-state index < -0.39 is 0 Å².